The van der Waals surface area contributed by atoms with E-state index in [1.807, 2.05) is 12.1 Å². The maximum Gasteiger partial charge on any atom is 0.122 e. The van der Waals surface area contributed by atoms with Crippen molar-refractivity contribution in [2.45, 2.75) is 52.8 Å². The molecule has 0 aromatic carbocycles. The van der Waals surface area contributed by atoms with Crippen molar-refractivity contribution in [1.82, 2.24) is 19.7 Å². The predicted octanol–water partition coefficient (Wildman–Crippen LogP) is 2.96. The van der Waals surface area contributed by atoms with Gasteiger partial charge in [-0.2, -0.15) is 5.10 Å². The minimum atomic E-state index is 0.267. The summed E-state index contributed by atoms with van der Waals surface area (Å²) in [7, 11) is 0. The monoisotopic (exact) mass is 314 g/mol. The Balaban J connectivity index is 1.60. The number of hydrogen-bond acceptors (Lipinski definition) is 4. The number of ether oxygens (including phenoxy) is 1. The number of nitrogens with zero attached hydrogens (tertiary/aromatic N) is 4. The van der Waals surface area contributed by atoms with Gasteiger partial charge in [0.05, 0.1) is 5.69 Å². The predicted molar refractivity (Wildman–Crippen MR) is 90.5 cm³/mol. The lowest BCUT2D eigenvalue weighted by Crippen LogP contribution is -2.25. The highest BCUT2D eigenvalue weighted by Gasteiger charge is 2.25. The van der Waals surface area contributed by atoms with Crippen molar-refractivity contribution in [3.05, 3.63) is 41.5 Å². The summed E-state index contributed by atoms with van der Waals surface area (Å²) >= 11 is 0. The van der Waals surface area contributed by atoms with Gasteiger partial charge in [0, 0.05) is 49.8 Å². The van der Waals surface area contributed by atoms with Gasteiger partial charge < -0.3 is 4.74 Å². The first kappa shape index (κ1) is 16.0. The van der Waals surface area contributed by atoms with E-state index in [-0.39, 0.29) is 6.10 Å². The van der Waals surface area contributed by atoms with E-state index in [9.17, 15) is 0 Å². The van der Waals surface area contributed by atoms with Crippen LogP contribution in [0.2, 0.25) is 0 Å². The standard InChI is InChI=1S/C18H26N4O/c1-4-10-22-15(3)18(14(2)20-22)13-21-11-7-17(12-21)23-16-5-8-19-9-6-16/h5-6,8-9,17H,4,7,10-13H2,1-3H3. The number of aromatic nitrogens is 3. The quantitative estimate of drug-likeness (QED) is 0.822. The SMILES string of the molecule is CCCn1nc(C)c(CN2CCC(Oc3ccncc3)C2)c1C. The normalized spacial score (nSPS) is 18.5. The molecule has 0 amide bonds. The lowest BCUT2D eigenvalue weighted by Gasteiger charge is -2.17. The third kappa shape index (κ3) is 3.72. The van der Waals surface area contributed by atoms with Gasteiger partial charge in [0.25, 0.3) is 0 Å². The van der Waals surface area contributed by atoms with E-state index in [0.717, 1.165) is 50.5 Å². The van der Waals surface area contributed by atoms with Crippen molar-refractivity contribution >= 4 is 0 Å². The Hall–Kier alpha value is -1.88. The molecule has 0 aliphatic carbocycles. The fraction of sp³-hybridized carbons (Fsp3) is 0.556. The van der Waals surface area contributed by atoms with Gasteiger partial charge in [-0.05, 0) is 38.8 Å². The summed E-state index contributed by atoms with van der Waals surface area (Å²) in [5, 5.41) is 4.68. The molecule has 3 rings (SSSR count). The molecule has 0 radical (unpaired) electrons. The maximum absolute atomic E-state index is 6.04. The van der Waals surface area contributed by atoms with Crippen LogP contribution >= 0.6 is 0 Å². The van der Waals surface area contributed by atoms with Crippen molar-refractivity contribution in [2.24, 2.45) is 0 Å². The first-order valence-electron chi connectivity index (χ1n) is 8.49. The molecule has 3 heterocycles. The lowest BCUT2D eigenvalue weighted by molar-refractivity contribution is 0.198. The van der Waals surface area contributed by atoms with Gasteiger partial charge in [-0.25, -0.2) is 0 Å². The van der Waals surface area contributed by atoms with E-state index in [1.54, 1.807) is 12.4 Å². The zero-order valence-electron chi connectivity index (χ0n) is 14.3. The molecule has 2 aromatic rings. The Morgan fingerprint density at radius 3 is 2.78 bits per heavy atom. The smallest absolute Gasteiger partial charge is 0.122 e. The third-order valence-electron chi connectivity index (χ3n) is 4.53. The molecule has 1 unspecified atom stereocenters. The van der Waals surface area contributed by atoms with Crippen LogP contribution in [0.15, 0.2) is 24.5 Å². The van der Waals surface area contributed by atoms with Crippen LogP contribution in [-0.2, 0) is 13.1 Å². The van der Waals surface area contributed by atoms with Crippen molar-refractivity contribution in [3.8, 4) is 5.75 Å². The first-order chi connectivity index (χ1) is 11.2. The average molecular weight is 314 g/mol. The highest BCUT2D eigenvalue weighted by atomic mass is 16.5. The van der Waals surface area contributed by atoms with Gasteiger partial charge in [-0.15, -0.1) is 0 Å². The van der Waals surface area contributed by atoms with E-state index in [0.29, 0.717) is 0 Å². The molecule has 5 heteroatoms. The van der Waals surface area contributed by atoms with Gasteiger partial charge in [0.1, 0.15) is 11.9 Å². The molecule has 1 atom stereocenters. The first-order valence-corrected chi connectivity index (χ1v) is 8.49. The minimum absolute atomic E-state index is 0.267. The molecule has 0 spiro atoms. The van der Waals surface area contributed by atoms with Crippen LogP contribution < -0.4 is 4.74 Å². The molecular formula is C18H26N4O. The van der Waals surface area contributed by atoms with Crippen LogP contribution in [0.1, 0.15) is 36.7 Å². The van der Waals surface area contributed by atoms with Crippen molar-refractivity contribution < 1.29 is 4.74 Å². The average Bonchev–Trinajstić information content (AvgIpc) is 3.09. The largest absolute Gasteiger partial charge is 0.489 e. The van der Waals surface area contributed by atoms with Crippen molar-refractivity contribution in [2.75, 3.05) is 13.1 Å². The molecule has 124 valence electrons. The van der Waals surface area contributed by atoms with Crippen LogP contribution in [0.25, 0.3) is 0 Å². The highest BCUT2D eigenvalue weighted by Crippen LogP contribution is 2.22. The Morgan fingerprint density at radius 1 is 1.26 bits per heavy atom. The van der Waals surface area contributed by atoms with Gasteiger partial charge in [-0.1, -0.05) is 6.92 Å². The lowest BCUT2D eigenvalue weighted by atomic mass is 10.2. The molecule has 1 aliphatic heterocycles. The molecule has 0 bridgehead atoms. The fourth-order valence-corrected chi connectivity index (χ4v) is 3.26. The fourth-order valence-electron chi connectivity index (χ4n) is 3.26. The second kappa shape index (κ2) is 7.13. The molecule has 1 fully saturated rings. The van der Waals surface area contributed by atoms with Crippen molar-refractivity contribution in [3.63, 3.8) is 0 Å². The third-order valence-corrected chi connectivity index (χ3v) is 4.53. The second-order valence-electron chi connectivity index (χ2n) is 6.32. The number of pyridine rings is 1. The summed E-state index contributed by atoms with van der Waals surface area (Å²) in [6.07, 6.45) is 6.01. The van der Waals surface area contributed by atoms with E-state index in [1.165, 1.54) is 11.3 Å². The number of rotatable bonds is 6. The highest BCUT2D eigenvalue weighted by molar-refractivity contribution is 5.24. The molecular weight excluding hydrogens is 288 g/mol. The topological polar surface area (TPSA) is 43.2 Å². The zero-order chi connectivity index (χ0) is 16.2. The van der Waals surface area contributed by atoms with Crippen LogP contribution in [0.4, 0.5) is 0 Å². The molecule has 2 aromatic heterocycles. The minimum Gasteiger partial charge on any atom is -0.489 e. The molecule has 1 aliphatic rings. The Kier molecular flexibility index (Phi) is 4.96. The Bertz CT molecular complexity index is 638. The van der Waals surface area contributed by atoms with Gasteiger partial charge in [-0.3, -0.25) is 14.6 Å². The maximum atomic E-state index is 6.04. The van der Waals surface area contributed by atoms with E-state index in [4.69, 9.17) is 4.74 Å². The van der Waals surface area contributed by atoms with Crippen molar-refractivity contribution in [1.29, 1.82) is 0 Å². The number of aryl methyl sites for hydroxylation is 2. The summed E-state index contributed by atoms with van der Waals surface area (Å²) in [6, 6.07) is 3.84. The van der Waals surface area contributed by atoms with Gasteiger partial charge in [0.2, 0.25) is 0 Å². The van der Waals surface area contributed by atoms with Gasteiger partial charge >= 0.3 is 0 Å². The van der Waals surface area contributed by atoms with Crippen LogP contribution in [0.3, 0.4) is 0 Å². The van der Waals surface area contributed by atoms with Crippen LogP contribution in [0, 0.1) is 13.8 Å². The summed E-state index contributed by atoms with van der Waals surface area (Å²) in [4.78, 5) is 6.50. The number of hydrogen-bond donors (Lipinski definition) is 0. The van der Waals surface area contributed by atoms with Gasteiger partial charge in [0.15, 0.2) is 0 Å². The summed E-state index contributed by atoms with van der Waals surface area (Å²) < 4.78 is 8.19. The van der Waals surface area contributed by atoms with E-state index in [2.05, 4.69) is 40.4 Å². The number of likely N-dealkylation sites (tertiary alicyclic amines) is 1. The van der Waals surface area contributed by atoms with E-state index >= 15 is 0 Å². The second-order valence-corrected chi connectivity index (χ2v) is 6.32. The summed E-state index contributed by atoms with van der Waals surface area (Å²) in [5.41, 5.74) is 3.85. The summed E-state index contributed by atoms with van der Waals surface area (Å²) in [6.45, 7) is 10.5. The Labute approximate surface area is 138 Å². The zero-order valence-corrected chi connectivity index (χ0v) is 14.3. The molecule has 0 saturated carbocycles. The van der Waals surface area contributed by atoms with E-state index < -0.39 is 0 Å². The van der Waals surface area contributed by atoms with Crippen LogP contribution in [0.5, 0.6) is 5.75 Å². The molecule has 1 saturated heterocycles. The molecule has 0 N–H and O–H groups in total. The molecule has 5 nitrogen and oxygen atoms in total. The Morgan fingerprint density at radius 2 is 2.04 bits per heavy atom. The molecule has 23 heavy (non-hydrogen) atoms. The summed E-state index contributed by atoms with van der Waals surface area (Å²) in [5.74, 6) is 0.912. The van der Waals surface area contributed by atoms with Crippen LogP contribution in [-0.4, -0.2) is 38.9 Å².